The fourth-order valence-electron chi connectivity index (χ4n) is 5.88. The van der Waals surface area contributed by atoms with Crippen LogP contribution >= 0.6 is 11.6 Å². The summed E-state index contributed by atoms with van der Waals surface area (Å²) in [4.78, 5) is 3.50. The molecule has 2 heterocycles. The van der Waals surface area contributed by atoms with Gasteiger partial charge >= 0.3 is 0 Å². The third-order valence-corrected chi connectivity index (χ3v) is 11.9. The molecule has 0 radical (unpaired) electrons. The summed E-state index contributed by atoms with van der Waals surface area (Å²) < 4.78 is 40.6. The van der Waals surface area contributed by atoms with Crippen LogP contribution in [0.5, 0.6) is 0 Å². The van der Waals surface area contributed by atoms with Crippen molar-refractivity contribution in [1.82, 2.24) is 9.21 Å². The van der Waals surface area contributed by atoms with Crippen molar-refractivity contribution < 1.29 is 13.0 Å². The molecule has 3 aromatic carbocycles. The molecule has 1 spiro atoms. The molecule has 5 nitrogen and oxygen atoms in total. The van der Waals surface area contributed by atoms with E-state index in [-0.39, 0.29) is 17.1 Å². The first-order chi connectivity index (χ1) is 18.3. The quantitative estimate of drug-likeness (QED) is 0.322. The number of hydrogen-bond acceptors (Lipinski definition) is 4. The zero-order valence-electron chi connectivity index (χ0n) is 21.8. The molecule has 38 heavy (non-hydrogen) atoms. The van der Waals surface area contributed by atoms with E-state index in [1.54, 1.807) is 7.05 Å². The van der Waals surface area contributed by atoms with Gasteiger partial charge in [-0.2, -0.15) is 0 Å². The molecule has 1 saturated heterocycles. The highest BCUT2D eigenvalue weighted by Gasteiger charge is 2.48. The topological polar surface area (TPSA) is 63.7 Å². The summed E-state index contributed by atoms with van der Waals surface area (Å²) in [6.45, 7) is 3.23. The number of halogens is 1. The predicted octanol–water partition coefficient (Wildman–Crippen LogP) is 5.43. The molecule has 0 amide bonds. The van der Waals surface area contributed by atoms with Gasteiger partial charge in [-0.25, -0.2) is 12.7 Å². The second-order valence-electron chi connectivity index (χ2n) is 10.7. The molecule has 0 saturated carbocycles. The third kappa shape index (κ3) is 6.14. The van der Waals surface area contributed by atoms with Crippen LogP contribution in [0.3, 0.4) is 0 Å². The van der Waals surface area contributed by atoms with Gasteiger partial charge in [0.1, 0.15) is 5.75 Å². The minimum Gasteiger partial charge on any atom is -0.611 e. The number of sulfonamides is 1. The molecule has 5 rings (SSSR count). The van der Waals surface area contributed by atoms with Gasteiger partial charge in [0, 0.05) is 29.6 Å². The number of piperidine rings is 1. The van der Waals surface area contributed by atoms with E-state index in [0.717, 1.165) is 60.7 Å². The number of likely N-dealkylation sites (N-methyl/N-ethyl adjacent to an activating group) is 1. The van der Waals surface area contributed by atoms with Crippen molar-refractivity contribution in [2.75, 3.05) is 39.0 Å². The van der Waals surface area contributed by atoms with Crippen molar-refractivity contribution in [3.63, 3.8) is 0 Å². The lowest BCUT2D eigenvalue weighted by atomic mass is 9.74. The van der Waals surface area contributed by atoms with E-state index in [0.29, 0.717) is 11.6 Å². The van der Waals surface area contributed by atoms with E-state index in [4.69, 9.17) is 11.6 Å². The Labute approximate surface area is 235 Å². The second kappa shape index (κ2) is 11.7. The van der Waals surface area contributed by atoms with Crippen molar-refractivity contribution in [1.29, 1.82) is 0 Å². The molecule has 8 heteroatoms. The Balaban J connectivity index is 1.24. The molecule has 2 atom stereocenters. The van der Waals surface area contributed by atoms with Gasteiger partial charge in [0.15, 0.2) is 4.90 Å². The normalized spacial score (nSPS) is 20.1. The largest absolute Gasteiger partial charge is 0.611 e. The number of fused-ring (bicyclic) bond motifs is 2. The van der Waals surface area contributed by atoms with E-state index in [2.05, 4.69) is 17.0 Å². The summed E-state index contributed by atoms with van der Waals surface area (Å²) >= 11 is 5.25. The minimum absolute atomic E-state index is 0.00523. The summed E-state index contributed by atoms with van der Waals surface area (Å²) in [5.74, 6) is 0.783. The van der Waals surface area contributed by atoms with E-state index >= 15 is 0 Å². The Morgan fingerprint density at radius 1 is 1.00 bits per heavy atom. The second-order valence-corrected chi connectivity index (χ2v) is 14.6. The van der Waals surface area contributed by atoms with Crippen LogP contribution in [-0.2, 0) is 32.4 Å². The maximum atomic E-state index is 13.2. The first-order valence-electron chi connectivity index (χ1n) is 13.2. The van der Waals surface area contributed by atoms with Crippen LogP contribution in [0.15, 0.2) is 83.8 Å². The van der Waals surface area contributed by atoms with Crippen molar-refractivity contribution in [2.45, 2.75) is 41.2 Å². The standard InChI is InChI=1S/C30H35ClN2O3S2/c1-32(38(35,36)22-24-7-3-2-4-8-24)21-26(25-11-13-27(31)14-12-25)15-18-33-19-16-30(17-20-33)23-37(34)29-10-6-5-9-28(29)30/h2-14,26H,15-23H2,1H3. The van der Waals surface area contributed by atoms with Crippen molar-refractivity contribution in [3.05, 3.63) is 101 Å². The number of rotatable bonds is 9. The smallest absolute Gasteiger partial charge is 0.218 e. The summed E-state index contributed by atoms with van der Waals surface area (Å²) in [7, 11) is -1.77. The molecule has 1 fully saturated rings. The van der Waals surface area contributed by atoms with E-state index in [1.165, 1.54) is 9.87 Å². The fraction of sp³-hybridized carbons (Fsp3) is 0.400. The minimum atomic E-state index is -3.45. The first kappa shape index (κ1) is 27.7. The average Bonchev–Trinajstić information content (AvgIpc) is 3.19. The third-order valence-electron chi connectivity index (χ3n) is 8.20. The lowest BCUT2D eigenvalue weighted by molar-refractivity contribution is 0.165. The molecule has 2 unspecified atom stereocenters. The van der Waals surface area contributed by atoms with Crippen LogP contribution in [0, 0.1) is 0 Å². The molecule has 2 aliphatic heterocycles. The highest BCUT2D eigenvalue weighted by atomic mass is 35.5. The molecule has 0 N–H and O–H groups in total. The van der Waals surface area contributed by atoms with Gasteiger partial charge in [0.2, 0.25) is 10.0 Å². The number of likely N-dealkylation sites (tertiary alicyclic amines) is 1. The highest BCUT2D eigenvalue weighted by Crippen LogP contribution is 2.46. The highest BCUT2D eigenvalue weighted by molar-refractivity contribution is 7.91. The average molecular weight is 571 g/mol. The monoisotopic (exact) mass is 570 g/mol. The molecule has 2 aliphatic rings. The van der Waals surface area contributed by atoms with Crippen molar-refractivity contribution in [2.24, 2.45) is 0 Å². The number of benzene rings is 3. The summed E-state index contributed by atoms with van der Waals surface area (Å²) in [6.07, 6.45) is 2.86. The molecule has 0 aromatic heterocycles. The summed E-state index contributed by atoms with van der Waals surface area (Å²) in [6, 6.07) is 25.3. The SMILES string of the molecule is CN(CC(CCN1CCC2(CC1)C[S+]([O-])c1ccccc12)c1ccc(Cl)cc1)S(=O)(=O)Cc1ccccc1. The molecule has 202 valence electrons. The Morgan fingerprint density at radius 3 is 2.37 bits per heavy atom. The van der Waals surface area contributed by atoms with Crippen LogP contribution in [0.25, 0.3) is 0 Å². The first-order valence-corrected chi connectivity index (χ1v) is 16.5. The Bertz CT molecular complexity index is 1330. The van der Waals surface area contributed by atoms with Gasteiger partial charge in [-0.1, -0.05) is 72.3 Å². The maximum Gasteiger partial charge on any atom is 0.218 e. The van der Waals surface area contributed by atoms with Gasteiger partial charge in [0.05, 0.1) is 5.75 Å². The van der Waals surface area contributed by atoms with Gasteiger partial charge in [0.25, 0.3) is 0 Å². The molecular weight excluding hydrogens is 536 g/mol. The van der Waals surface area contributed by atoms with Gasteiger partial charge in [-0.3, -0.25) is 0 Å². The summed E-state index contributed by atoms with van der Waals surface area (Å²) in [5.41, 5.74) is 3.20. The summed E-state index contributed by atoms with van der Waals surface area (Å²) in [5, 5.41) is 0.674. The van der Waals surface area contributed by atoms with Crippen molar-refractivity contribution >= 4 is 32.8 Å². The lowest BCUT2D eigenvalue weighted by Crippen LogP contribution is -2.44. The van der Waals surface area contributed by atoms with Gasteiger partial charge < -0.3 is 9.45 Å². The van der Waals surface area contributed by atoms with Crippen LogP contribution in [0.4, 0.5) is 0 Å². The van der Waals surface area contributed by atoms with Crippen molar-refractivity contribution in [3.8, 4) is 0 Å². The van der Waals surface area contributed by atoms with E-state index in [1.807, 2.05) is 66.7 Å². The molecule has 0 aliphatic carbocycles. The van der Waals surface area contributed by atoms with Crippen LogP contribution in [0.2, 0.25) is 5.02 Å². The van der Waals surface area contributed by atoms with Crippen LogP contribution < -0.4 is 0 Å². The Morgan fingerprint density at radius 2 is 1.66 bits per heavy atom. The predicted molar refractivity (Wildman–Crippen MR) is 156 cm³/mol. The zero-order valence-corrected chi connectivity index (χ0v) is 24.1. The van der Waals surface area contributed by atoms with Gasteiger partial charge in [-0.05, 0) is 85.3 Å². The van der Waals surface area contributed by atoms with Crippen LogP contribution in [0.1, 0.15) is 41.9 Å². The zero-order chi connectivity index (χ0) is 26.8. The van der Waals surface area contributed by atoms with E-state index < -0.39 is 21.2 Å². The maximum absolute atomic E-state index is 13.2. The number of hydrogen-bond donors (Lipinski definition) is 0. The molecule has 0 bridgehead atoms. The van der Waals surface area contributed by atoms with Crippen LogP contribution in [-0.4, -0.2) is 61.2 Å². The molecular formula is C30H35ClN2O3S2. The lowest BCUT2D eigenvalue weighted by Gasteiger charge is -2.38. The Kier molecular flexibility index (Phi) is 8.53. The fourth-order valence-corrected chi connectivity index (χ4v) is 9.11. The molecule has 3 aromatic rings. The Hall–Kier alpha value is -1.87. The van der Waals surface area contributed by atoms with Gasteiger partial charge in [-0.15, -0.1) is 0 Å². The number of nitrogens with zero attached hydrogens (tertiary/aromatic N) is 2. The van der Waals surface area contributed by atoms with E-state index in [9.17, 15) is 13.0 Å².